The van der Waals surface area contributed by atoms with Crippen molar-refractivity contribution < 1.29 is 13.9 Å². The average molecular weight is 288 g/mol. The first-order valence-corrected chi connectivity index (χ1v) is 6.91. The maximum Gasteiger partial charge on any atom is 0.411 e. The smallest absolute Gasteiger partial charge is 0.411 e. The molecule has 0 bridgehead atoms. The molecule has 1 aromatic heterocycles. The van der Waals surface area contributed by atoms with Gasteiger partial charge in [0.2, 0.25) is 0 Å². The van der Waals surface area contributed by atoms with E-state index in [9.17, 15) is 4.79 Å². The summed E-state index contributed by atoms with van der Waals surface area (Å²) in [5.74, 6) is 0.991. The molecule has 0 radical (unpaired) electrons. The molecule has 0 saturated heterocycles. The van der Waals surface area contributed by atoms with Crippen LogP contribution < -0.4 is 10.6 Å². The molecular formula is C16H20N2O3. The highest BCUT2D eigenvalue weighted by atomic mass is 16.5. The minimum absolute atomic E-state index is 0.295. The highest BCUT2D eigenvalue weighted by Crippen LogP contribution is 2.17. The van der Waals surface area contributed by atoms with Gasteiger partial charge in [-0.05, 0) is 43.7 Å². The predicted octanol–water partition coefficient (Wildman–Crippen LogP) is 3.89. The maximum absolute atomic E-state index is 11.2. The van der Waals surface area contributed by atoms with Crippen LogP contribution in [0, 0.1) is 0 Å². The van der Waals surface area contributed by atoms with Crippen LogP contribution in [0.4, 0.5) is 16.2 Å². The van der Waals surface area contributed by atoms with Gasteiger partial charge in [-0.1, -0.05) is 6.07 Å². The van der Waals surface area contributed by atoms with Gasteiger partial charge < -0.3 is 14.5 Å². The monoisotopic (exact) mass is 288 g/mol. The number of aryl methyl sites for hydroxylation is 1. The van der Waals surface area contributed by atoms with Crippen LogP contribution in [-0.2, 0) is 11.2 Å². The number of hydrogen-bond acceptors (Lipinski definition) is 4. The zero-order valence-electron chi connectivity index (χ0n) is 12.3. The van der Waals surface area contributed by atoms with E-state index in [1.165, 1.54) is 7.11 Å². The summed E-state index contributed by atoms with van der Waals surface area (Å²) >= 11 is 0. The van der Waals surface area contributed by atoms with Crippen LogP contribution in [0.3, 0.4) is 0 Å². The van der Waals surface area contributed by atoms with Crippen LogP contribution in [0.1, 0.15) is 19.1 Å². The number of anilines is 2. The molecule has 1 aromatic carbocycles. The van der Waals surface area contributed by atoms with Crippen molar-refractivity contribution in [3.63, 3.8) is 0 Å². The Kier molecular flexibility index (Phi) is 5.26. The van der Waals surface area contributed by atoms with E-state index in [0.29, 0.717) is 11.7 Å². The molecule has 0 fully saturated rings. The topological polar surface area (TPSA) is 63.5 Å². The summed E-state index contributed by atoms with van der Waals surface area (Å²) in [6.45, 7) is 2.11. The van der Waals surface area contributed by atoms with Gasteiger partial charge in [-0.2, -0.15) is 0 Å². The predicted molar refractivity (Wildman–Crippen MR) is 82.6 cm³/mol. The van der Waals surface area contributed by atoms with Gasteiger partial charge in [0.05, 0.1) is 13.4 Å². The van der Waals surface area contributed by atoms with Crippen molar-refractivity contribution in [2.24, 2.45) is 0 Å². The first kappa shape index (κ1) is 15.0. The molecule has 0 saturated carbocycles. The second-order valence-electron chi connectivity index (χ2n) is 4.86. The summed E-state index contributed by atoms with van der Waals surface area (Å²) in [4.78, 5) is 11.2. The van der Waals surface area contributed by atoms with Crippen molar-refractivity contribution in [3.8, 4) is 0 Å². The molecule has 0 aliphatic heterocycles. The molecule has 1 amide bonds. The molecule has 21 heavy (non-hydrogen) atoms. The third kappa shape index (κ3) is 4.87. The lowest BCUT2D eigenvalue weighted by Gasteiger charge is -2.15. The number of methoxy groups -OCH3 is 1. The second-order valence-corrected chi connectivity index (χ2v) is 4.86. The number of rotatable bonds is 6. The van der Waals surface area contributed by atoms with Crippen LogP contribution in [0.25, 0.3) is 0 Å². The minimum atomic E-state index is -0.474. The van der Waals surface area contributed by atoms with Crippen LogP contribution in [-0.4, -0.2) is 19.2 Å². The highest BCUT2D eigenvalue weighted by Gasteiger charge is 2.06. The normalized spacial score (nSPS) is 11.7. The summed E-state index contributed by atoms with van der Waals surface area (Å²) in [5, 5.41) is 6.05. The molecule has 2 N–H and O–H groups in total. The number of ether oxygens (including phenoxy) is 1. The van der Waals surface area contributed by atoms with Gasteiger partial charge in [-0.15, -0.1) is 0 Å². The molecule has 0 aliphatic rings. The fraction of sp³-hybridized carbons (Fsp3) is 0.312. The number of furan rings is 1. The Bertz CT molecular complexity index is 567. The third-order valence-corrected chi connectivity index (χ3v) is 3.11. The molecule has 1 unspecified atom stereocenters. The fourth-order valence-corrected chi connectivity index (χ4v) is 2.03. The molecule has 5 nitrogen and oxygen atoms in total. The number of carbonyl (C=O) groups is 1. The Labute approximate surface area is 124 Å². The van der Waals surface area contributed by atoms with Crippen LogP contribution in [0.2, 0.25) is 0 Å². The van der Waals surface area contributed by atoms with Crippen molar-refractivity contribution in [1.29, 1.82) is 0 Å². The molecular weight excluding hydrogens is 268 g/mol. The largest absolute Gasteiger partial charge is 0.469 e. The summed E-state index contributed by atoms with van der Waals surface area (Å²) in [6, 6.07) is 11.7. The van der Waals surface area contributed by atoms with Crippen molar-refractivity contribution in [1.82, 2.24) is 0 Å². The number of carbonyl (C=O) groups excluding carboxylic acids is 1. The maximum atomic E-state index is 11.2. The highest BCUT2D eigenvalue weighted by molar-refractivity contribution is 5.85. The lowest BCUT2D eigenvalue weighted by molar-refractivity contribution is 0.187. The molecule has 112 valence electrons. The molecule has 1 atom stereocenters. The van der Waals surface area contributed by atoms with Gasteiger partial charge in [0, 0.05) is 23.8 Å². The molecule has 5 heteroatoms. The Hall–Kier alpha value is -2.43. The number of amides is 1. The molecule has 0 aliphatic carbocycles. The SMILES string of the molecule is COC(=O)Nc1cccc(NC(C)CCc2ccco2)c1. The van der Waals surface area contributed by atoms with E-state index >= 15 is 0 Å². The Morgan fingerprint density at radius 1 is 1.29 bits per heavy atom. The van der Waals surface area contributed by atoms with Crippen molar-refractivity contribution in [2.45, 2.75) is 25.8 Å². The van der Waals surface area contributed by atoms with Gasteiger partial charge in [0.15, 0.2) is 0 Å². The van der Waals surface area contributed by atoms with Crippen molar-refractivity contribution >= 4 is 17.5 Å². The third-order valence-electron chi connectivity index (χ3n) is 3.11. The lowest BCUT2D eigenvalue weighted by Crippen LogP contribution is -2.16. The van der Waals surface area contributed by atoms with E-state index in [-0.39, 0.29) is 0 Å². The Morgan fingerprint density at radius 3 is 2.81 bits per heavy atom. The van der Waals surface area contributed by atoms with E-state index in [0.717, 1.165) is 24.3 Å². The van der Waals surface area contributed by atoms with Crippen molar-refractivity contribution in [3.05, 3.63) is 48.4 Å². The fourth-order valence-electron chi connectivity index (χ4n) is 2.03. The van der Waals surface area contributed by atoms with Crippen LogP contribution in [0.5, 0.6) is 0 Å². The molecule has 1 heterocycles. The Morgan fingerprint density at radius 2 is 2.10 bits per heavy atom. The van der Waals surface area contributed by atoms with Crippen LogP contribution >= 0.6 is 0 Å². The molecule has 0 spiro atoms. The Balaban J connectivity index is 1.86. The molecule has 2 rings (SSSR count). The zero-order valence-corrected chi connectivity index (χ0v) is 12.3. The average Bonchev–Trinajstić information content (AvgIpc) is 2.98. The van der Waals surface area contributed by atoms with E-state index in [1.807, 2.05) is 36.4 Å². The van der Waals surface area contributed by atoms with Gasteiger partial charge in [-0.3, -0.25) is 5.32 Å². The van der Waals surface area contributed by atoms with Crippen LogP contribution in [0.15, 0.2) is 47.1 Å². The summed E-state index contributed by atoms with van der Waals surface area (Å²) in [7, 11) is 1.34. The quantitative estimate of drug-likeness (QED) is 0.846. The summed E-state index contributed by atoms with van der Waals surface area (Å²) in [6.07, 6.45) is 3.07. The number of nitrogens with one attached hydrogen (secondary N) is 2. The minimum Gasteiger partial charge on any atom is -0.469 e. The van der Waals surface area contributed by atoms with E-state index in [4.69, 9.17) is 4.42 Å². The van der Waals surface area contributed by atoms with Gasteiger partial charge in [0.25, 0.3) is 0 Å². The van der Waals surface area contributed by atoms with E-state index in [1.54, 1.807) is 6.26 Å². The summed E-state index contributed by atoms with van der Waals surface area (Å²) < 4.78 is 9.89. The first-order chi connectivity index (χ1) is 10.2. The number of benzene rings is 1. The lowest BCUT2D eigenvalue weighted by atomic mass is 10.1. The zero-order chi connectivity index (χ0) is 15.1. The second kappa shape index (κ2) is 7.38. The number of hydrogen-bond donors (Lipinski definition) is 2. The van der Waals surface area contributed by atoms with Crippen molar-refractivity contribution in [2.75, 3.05) is 17.7 Å². The van der Waals surface area contributed by atoms with Gasteiger partial charge in [0.1, 0.15) is 5.76 Å². The van der Waals surface area contributed by atoms with E-state index < -0.39 is 6.09 Å². The summed E-state index contributed by atoms with van der Waals surface area (Å²) in [5.41, 5.74) is 1.65. The standard InChI is InChI=1S/C16H20N2O3/c1-12(8-9-15-7-4-10-21-15)17-13-5-3-6-14(11-13)18-16(19)20-2/h3-7,10-12,17H,8-9H2,1-2H3,(H,18,19). The van der Waals surface area contributed by atoms with Gasteiger partial charge >= 0.3 is 6.09 Å². The molecule has 2 aromatic rings. The van der Waals surface area contributed by atoms with Gasteiger partial charge in [-0.25, -0.2) is 4.79 Å². The van der Waals surface area contributed by atoms with E-state index in [2.05, 4.69) is 22.3 Å². The first-order valence-electron chi connectivity index (χ1n) is 6.91.